The van der Waals surface area contributed by atoms with E-state index in [9.17, 15) is 43.2 Å². The molecule has 0 aliphatic carbocycles. The summed E-state index contributed by atoms with van der Waals surface area (Å²) in [5.41, 5.74) is 0. The van der Waals surface area contributed by atoms with E-state index in [0.29, 0.717) is 25.7 Å². The molecule has 0 spiro atoms. The van der Waals surface area contributed by atoms with E-state index in [-0.39, 0.29) is 25.7 Å². The molecule has 0 saturated carbocycles. The summed E-state index contributed by atoms with van der Waals surface area (Å²) in [4.78, 5) is 73.4. The second kappa shape index (κ2) is 78.6. The van der Waals surface area contributed by atoms with Crippen molar-refractivity contribution in [3.05, 3.63) is 0 Å². The Hall–Kier alpha value is -1.94. The van der Waals surface area contributed by atoms with Gasteiger partial charge in [0.15, 0.2) is 12.2 Å². The Labute approximate surface area is 670 Å². The van der Waals surface area contributed by atoms with E-state index in [1.54, 1.807) is 0 Å². The fraction of sp³-hybridized carbons (Fsp3) is 0.956. The van der Waals surface area contributed by atoms with Crippen molar-refractivity contribution in [2.24, 2.45) is 23.7 Å². The Balaban J connectivity index is 5.21. The lowest BCUT2D eigenvalue weighted by molar-refractivity contribution is -0.161. The Morgan fingerprint density at radius 3 is 0.651 bits per heavy atom. The number of aliphatic hydroxyl groups is 1. The second-order valence-corrected chi connectivity index (χ2v) is 36.5. The van der Waals surface area contributed by atoms with Gasteiger partial charge in [-0.25, -0.2) is 9.13 Å². The average Bonchev–Trinajstić information content (AvgIpc) is 0.899. The number of hydrogen-bond acceptors (Lipinski definition) is 15. The zero-order valence-electron chi connectivity index (χ0n) is 72.2. The molecule has 109 heavy (non-hydrogen) atoms. The summed E-state index contributed by atoms with van der Waals surface area (Å²) in [5, 5.41) is 10.7. The number of phosphoric acid groups is 2. The molecule has 17 nitrogen and oxygen atoms in total. The standard InChI is InChI=1S/C90H176O17P2/c1-9-81(6)67-59-51-43-37-31-25-19-14-12-13-15-21-28-34-40-46-56-64-73-90(95)107-86(77-101-88(93)71-63-55-49-48-53-61-69-83(8)11-3)79-105-109(98,99)103-75-84(91)74-102-108(96,97)104-78-85(106-89(94)72-65-57-47-41-35-29-23-22-26-32-38-44-52-60-68-82(7)10-2)76-100-87(92)70-62-54-45-39-33-27-20-17-16-18-24-30-36-42-50-58-66-80(4)5/h80-86,91H,9-79H2,1-8H3,(H,96,97)(H,98,99)/t81?,82?,83?,84-,85-,86-/m1/s1. The predicted octanol–water partition coefficient (Wildman–Crippen LogP) is 27.5. The van der Waals surface area contributed by atoms with Gasteiger partial charge in [-0.1, -0.05) is 421 Å². The monoisotopic (exact) mass is 1590 g/mol. The van der Waals surface area contributed by atoms with Crippen molar-refractivity contribution < 1.29 is 80.2 Å². The van der Waals surface area contributed by atoms with Gasteiger partial charge in [0.1, 0.15) is 19.3 Å². The first-order valence-corrected chi connectivity index (χ1v) is 49.3. The number of carbonyl (C=O) groups excluding carboxylic acids is 4. The van der Waals surface area contributed by atoms with Crippen LogP contribution in [0.5, 0.6) is 0 Å². The smallest absolute Gasteiger partial charge is 0.462 e. The van der Waals surface area contributed by atoms with Crippen molar-refractivity contribution in [1.82, 2.24) is 0 Å². The number of aliphatic hydroxyl groups excluding tert-OH is 1. The van der Waals surface area contributed by atoms with Gasteiger partial charge < -0.3 is 33.8 Å². The van der Waals surface area contributed by atoms with Crippen LogP contribution in [0.2, 0.25) is 0 Å². The third kappa shape index (κ3) is 79.7. The first kappa shape index (κ1) is 107. The van der Waals surface area contributed by atoms with E-state index < -0.39 is 97.5 Å². The van der Waals surface area contributed by atoms with Crippen LogP contribution < -0.4 is 0 Å². The lowest BCUT2D eigenvalue weighted by Gasteiger charge is -2.21. The van der Waals surface area contributed by atoms with Crippen LogP contribution in [0.15, 0.2) is 0 Å². The lowest BCUT2D eigenvalue weighted by Crippen LogP contribution is -2.30. The molecule has 0 amide bonds. The first-order valence-electron chi connectivity index (χ1n) is 46.3. The summed E-state index contributed by atoms with van der Waals surface area (Å²) in [6.45, 7) is 14.4. The van der Waals surface area contributed by atoms with Crippen molar-refractivity contribution in [1.29, 1.82) is 0 Å². The van der Waals surface area contributed by atoms with Crippen LogP contribution in [0.25, 0.3) is 0 Å². The third-order valence-electron chi connectivity index (χ3n) is 22.2. The molecule has 8 atom stereocenters. The van der Waals surface area contributed by atoms with Crippen LogP contribution in [0.3, 0.4) is 0 Å². The van der Waals surface area contributed by atoms with E-state index >= 15 is 0 Å². The molecule has 0 rings (SSSR count). The number of hydrogen-bond donors (Lipinski definition) is 3. The second-order valence-electron chi connectivity index (χ2n) is 33.5. The van der Waals surface area contributed by atoms with E-state index in [1.165, 1.54) is 270 Å². The number of rotatable bonds is 87. The van der Waals surface area contributed by atoms with Crippen molar-refractivity contribution in [2.45, 2.75) is 491 Å². The van der Waals surface area contributed by atoms with Gasteiger partial charge in [0, 0.05) is 25.7 Å². The van der Waals surface area contributed by atoms with Gasteiger partial charge in [0.05, 0.1) is 26.4 Å². The summed E-state index contributed by atoms with van der Waals surface area (Å²) < 4.78 is 69.0. The molecule has 648 valence electrons. The predicted molar refractivity (Wildman–Crippen MR) is 451 cm³/mol. The van der Waals surface area contributed by atoms with Gasteiger partial charge >= 0.3 is 39.5 Å². The van der Waals surface area contributed by atoms with Gasteiger partial charge in [-0.15, -0.1) is 0 Å². The number of esters is 4. The maximum atomic E-state index is 13.2. The Morgan fingerprint density at radius 1 is 0.257 bits per heavy atom. The fourth-order valence-electron chi connectivity index (χ4n) is 13.9. The van der Waals surface area contributed by atoms with Gasteiger partial charge in [-0.2, -0.15) is 0 Å². The molecule has 0 heterocycles. The van der Waals surface area contributed by atoms with Crippen LogP contribution in [0.1, 0.15) is 473 Å². The van der Waals surface area contributed by atoms with Crippen LogP contribution in [0.4, 0.5) is 0 Å². The van der Waals surface area contributed by atoms with Gasteiger partial charge in [0.25, 0.3) is 0 Å². The molecule has 5 unspecified atom stereocenters. The van der Waals surface area contributed by atoms with E-state index in [2.05, 4.69) is 55.4 Å². The summed E-state index contributed by atoms with van der Waals surface area (Å²) >= 11 is 0. The minimum atomic E-state index is -4.97. The Morgan fingerprint density at radius 2 is 0.440 bits per heavy atom. The van der Waals surface area contributed by atoms with Crippen LogP contribution in [-0.2, 0) is 65.4 Å². The number of unbranched alkanes of at least 4 members (excludes halogenated alkanes) is 50. The summed E-state index contributed by atoms with van der Waals surface area (Å²) in [6.07, 6.45) is 69.4. The molecule has 0 bridgehead atoms. The Kier molecular flexibility index (Phi) is 77.2. The number of ether oxygens (including phenoxy) is 4. The minimum absolute atomic E-state index is 0.107. The highest BCUT2D eigenvalue weighted by molar-refractivity contribution is 7.47. The highest BCUT2D eigenvalue weighted by atomic mass is 31.2. The zero-order valence-corrected chi connectivity index (χ0v) is 74.0. The van der Waals surface area contributed by atoms with E-state index in [4.69, 9.17) is 37.0 Å². The highest BCUT2D eigenvalue weighted by Crippen LogP contribution is 2.45. The van der Waals surface area contributed by atoms with Crippen LogP contribution in [-0.4, -0.2) is 96.7 Å². The molecule has 0 saturated heterocycles. The topological polar surface area (TPSA) is 237 Å². The van der Waals surface area contributed by atoms with Crippen LogP contribution >= 0.6 is 15.6 Å². The first-order chi connectivity index (χ1) is 52.7. The molecule has 19 heteroatoms. The van der Waals surface area contributed by atoms with Gasteiger partial charge in [-0.05, 0) is 49.4 Å². The molecule has 0 aromatic carbocycles. The lowest BCUT2D eigenvalue weighted by atomic mass is 9.99. The molecule has 0 radical (unpaired) electrons. The normalized spacial score (nSPS) is 14.6. The molecule has 0 aromatic heterocycles. The zero-order chi connectivity index (χ0) is 80.2. The SMILES string of the molecule is CCC(C)CCCCCCCCCCCCCCCCCCCCC(=O)O[C@H](COC(=O)CCCCCCCCC(C)CC)COP(=O)(O)OC[C@H](O)COP(=O)(O)OC[C@@H](COC(=O)CCCCCCCCCCCCCCCCCCC(C)C)OC(=O)CCCCCCCCCCCCCCCCC(C)CC. The molecule has 3 N–H and O–H groups in total. The van der Waals surface area contributed by atoms with Crippen molar-refractivity contribution in [3.8, 4) is 0 Å². The Bertz CT molecular complexity index is 2120. The maximum absolute atomic E-state index is 13.2. The fourth-order valence-corrected chi connectivity index (χ4v) is 15.5. The quantitative estimate of drug-likeness (QED) is 0.0222. The molecule has 0 aromatic rings. The van der Waals surface area contributed by atoms with Crippen molar-refractivity contribution >= 4 is 39.5 Å². The van der Waals surface area contributed by atoms with E-state index in [0.717, 1.165) is 120 Å². The molecule has 0 aliphatic rings. The minimum Gasteiger partial charge on any atom is -0.462 e. The molecule has 0 aliphatic heterocycles. The highest BCUT2D eigenvalue weighted by Gasteiger charge is 2.31. The summed E-state index contributed by atoms with van der Waals surface area (Å²) in [6, 6.07) is 0. The van der Waals surface area contributed by atoms with E-state index in [1.807, 2.05) is 0 Å². The molecule has 0 fully saturated rings. The molecular formula is C90H176O17P2. The summed E-state index contributed by atoms with van der Waals surface area (Å²) in [7, 11) is -9.94. The average molecular weight is 1590 g/mol. The largest absolute Gasteiger partial charge is 0.472 e. The van der Waals surface area contributed by atoms with Crippen molar-refractivity contribution in [2.75, 3.05) is 39.6 Å². The number of phosphoric ester groups is 2. The third-order valence-corrected chi connectivity index (χ3v) is 24.1. The summed E-state index contributed by atoms with van der Waals surface area (Å²) in [5.74, 6) is 1.16. The maximum Gasteiger partial charge on any atom is 0.472 e. The van der Waals surface area contributed by atoms with Crippen LogP contribution in [0, 0.1) is 23.7 Å². The van der Waals surface area contributed by atoms with Gasteiger partial charge in [0.2, 0.25) is 0 Å². The van der Waals surface area contributed by atoms with Gasteiger partial charge in [-0.3, -0.25) is 37.3 Å². The molecular weight excluding hydrogens is 1410 g/mol. The van der Waals surface area contributed by atoms with Crippen molar-refractivity contribution in [3.63, 3.8) is 0 Å². The number of carbonyl (C=O) groups is 4.